The Morgan fingerprint density at radius 2 is 1.90 bits per heavy atom. The molecule has 0 aliphatic heterocycles. The molecule has 0 heterocycles. The molecule has 116 valence electrons. The normalized spacial score (nSPS) is 12.4. The second-order valence-corrected chi connectivity index (χ2v) is 5.86. The van der Waals surface area contributed by atoms with Crippen LogP contribution in [-0.4, -0.2) is 28.3 Å². The van der Waals surface area contributed by atoms with Crippen molar-refractivity contribution in [3.8, 4) is 6.07 Å². The molecule has 0 spiro atoms. The minimum atomic E-state index is -1.55. The molecule has 4 nitrogen and oxygen atoms in total. The molecule has 1 N–H and O–H groups in total. The van der Waals surface area contributed by atoms with Gasteiger partial charge in [0, 0.05) is 12.1 Å². The lowest BCUT2D eigenvalue weighted by Crippen LogP contribution is -2.32. The van der Waals surface area contributed by atoms with Crippen LogP contribution >= 0.6 is 8.53 Å². The summed E-state index contributed by atoms with van der Waals surface area (Å²) >= 11 is 0. The summed E-state index contributed by atoms with van der Waals surface area (Å²) in [5.74, 6) is 0. The molecule has 5 heteroatoms. The van der Waals surface area contributed by atoms with E-state index in [4.69, 9.17) is 9.79 Å². The van der Waals surface area contributed by atoms with Crippen molar-refractivity contribution in [3.05, 3.63) is 24.8 Å². The van der Waals surface area contributed by atoms with Gasteiger partial charge in [0.15, 0.2) is 0 Å². The lowest BCUT2D eigenvalue weighted by Gasteiger charge is -2.32. The molecule has 0 rings (SSSR count). The van der Waals surface area contributed by atoms with Gasteiger partial charge in [-0.15, -0.1) is 0 Å². The minimum absolute atomic E-state index is 0.244. The van der Waals surface area contributed by atoms with Gasteiger partial charge in [0.1, 0.15) is 0 Å². The quantitative estimate of drug-likeness (QED) is 0.410. The maximum absolute atomic E-state index is 9.74. The molecule has 20 heavy (non-hydrogen) atoms. The first-order valence-corrected chi connectivity index (χ1v) is 8.13. The van der Waals surface area contributed by atoms with E-state index >= 15 is 0 Å². The first kappa shape index (κ1) is 21.6. The third-order valence-electron chi connectivity index (χ3n) is 2.18. The van der Waals surface area contributed by atoms with Crippen molar-refractivity contribution in [2.24, 2.45) is 0 Å². The molecule has 0 saturated carbocycles. The molecule has 0 bridgehead atoms. The first-order valence-electron chi connectivity index (χ1n) is 6.96. The number of allylic oxidation sites excluding steroid dienone is 3. The number of hydrogen-bond acceptors (Lipinski definition) is 4. The highest BCUT2D eigenvalue weighted by atomic mass is 31.2. The van der Waals surface area contributed by atoms with Crippen molar-refractivity contribution in [2.45, 2.75) is 59.5 Å². The van der Waals surface area contributed by atoms with E-state index in [0.29, 0.717) is 13.0 Å². The Kier molecular flexibility index (Phi) is 15.8. The maximum Gasteiger partial charge on any atom is 0.256 e. The van der Waals surface area contributed by atoms with E-state index < -0.39 is 8.53 Å². The highest BCUT2D eigenvalue weighted by Gasteiger charge is 2.23. The zero-order valence-electron chi connectivity index (χ0n) is 13.4. The molecule has 1 atom stereocenters. The first-order chi connectivity index (χ1) is 9.42. The summed E-state index contributed by atoms with van der Waals surface area (Å²) in [6.07, 6.45) is 7.21. The van der Waals surface area contributed by atoms with Crippen molar-refractivity contribution in [1.29, 1.82) is 5.26 Å². The van der Waals surface area contributed by atoms with Crippen LogP contribution in [0, 0.1) is 11.3 Å². The van der Waals surface area contributed by atoms with Gasteiger partial charge < -0.3 is 9.42 Å². The summed E-state index contributed by atoms with van der Waals surface area (Å²) in [5, 5.41) is 8.32. The smallest absolute Gasteiger partial charge is 0.256 e. The van der Waals surface area contributed by atoms with Crippen LogP contribution in [0.4, 0.5) is 0 Å². The Labute approximate surface area is 125 Å². The predicted molar refractivity (Wildman–Crippen MR) is 87.1 cm³/mol. The van der Waals surface area contributed by atoms with E-state index in [0.717, 1.165) is 6.42 Å². The van der Waals surface area contributed by atoms with Gasteiger partial charge in [0.25, 0.3) is 8.53 Å². The lowest BCUT2D eigenvalue weighted by molar-refractivity contribution is 0.215. The highest BCUT2D eigenvalue weighted by Crippen LogP contribution is 2.40. The molecule has 0 saturated heterocycles. The fraction of sp³-hybridized carbons (Fsp3) is 0.667. The average Bonchev–Trinajstić information content (AvgIpc) is 2.36. The molecule has 0 aliphatic rings. The van der Waals surface area contributed by atoms with Crippen LogP contribution in [0.5, 0.6) is 0 Å². The SMILES string of the molecule is C=CC=CCC.CC(C)N(C(C)C)P(O)OCCC#N. The Balaban J connectivity index is 0. The fourth-order valence-corrected chi connectivity index (χ4v) is 2.64. The second kappa shape index (κ2) is 14.7. The molecular formula is C15H29N2O2P. The van der Waals surface area contributed by atoms with Crippen LogP contribution in [0.25, 0.3) is 0 Å². The minimum Gasteiger partial charge on any atom is -0.338 e. The van der Waals surface area contributed by atoms with Gasteiger partial charge in [-0.05, 0) is 34.1 Å². The van der Waals surface area contributed by atoms with Gasteiger partial charge in [-0.1, -0.05) is 31.7 Å². The zero-order valence-corrected chi connectivity index (χ0v) is 14.3. The standard InChI is InChI=1S/C9H19N2O2P.C6H10/c1-8(2)11(9(3)4)14(12)13-7-5-6-10;1-3-5-6-4-2/h8-9,12H,5,7H2,1-4H3;3,5-6H,1,4H2,2H3. The van der Waals surface area contributed by atoms with E-state index in [2.05, 4.69) is 19.6 Å². The Hall–Kier alpha value is -0.720. The molecule has 0 aromatic carbocycles. The number of rotatable bonds is 8. The maximum atomic E-state index is 9.74. The fourth-order valence-electron chi connectivity index (χ4n) is 1.46. The molecule has 0 fully saturated rings. The van der Waals surface area contributed by atoms with Crippen LogP contribution < -0.4 is 0 Å². The van der Waals surface area contributed by atoms with E-state index in [1.54, 1.807) is 6.08 Å². The van der Waals surface area contributed by atoms with Gasteiger partial charge in [-0.3, -0.25) is 0 Å². The lowest BCUT2D eigenvalue weighted by atomic mass is 10.3. The summed E-state index contributed by atoms with van der Waals surface area (Å²) in [4.78, 5) is 9.74. The summed E-state index contributed by atoms with van der Waals surface area (Å²) in [6, 6.07) is 2.46. The van der Waals surface area contributed by atoms with E-state index in [1.807, 2.05) is 44.5 Å². The Bertz CT molecular complexity index is 291. The van der Waals surface area contributed by atoms with E-state index in [1.165, 1.54) is 0 Å². The summed E-state index contributed by atoms with van der Waals surface area (Å²) in [5.41, 5.74) is 0. The summed E-state index contributed by atoms with van der Waals surface area (Å²) in [6.45, 7) is 14.0. The van der Waals surface area contributed by atoms with Gasteiger partial charge in [-0.2, -0.15) is 5.26 Å². The average molecular weight is 300 g/mol. The number of nitrogens with zero attached hydrogens (tertiary/aromatic N) is 2. The van der Waals surface area contributed by atoms with Gasteiger partial charge in [-0.25, -0.2) is 4.67 Å². The van der Waals surface area contributed by atoms with Crippen LogP contribution in [0.15, 0.2) is 24.8 Å². The largest absolute Gasteiger partial charge is 0.338 e. The molecular weight excluding hydrogens is 271 g/mol. The van der Waals surface area contributed by atoms with Crippen molar-refractivity contribution in [1.82, 2.24) is 4.67 Å². The van der Waals surface area contributed by atoms with Crippen molar-refractivity contribution in [2.75, 3.05) is 6.61 Å². The Morgan fingerprint density at radius 3 is 2.20 bits per heavy atom. The summed E-state index contributed by atoms with van der Waals surface area (Å²) < 4.78 is 7.10. The molecule has 0 amide bonds. The van der Waals surface area contributed by atoms with Crippen molar-refractivity contribution < 1.29 is 9.42 Å². The number of hydrogen-bond donors (Lipinski definition) is 1. The Morgan fingerprint density at radius 1 is 1.35 bits per heavy atom. The van der Waals surface area contributed by atoms with E-state index in [9.17, 15) is 4.89 Å². The monoisotopic (exact) mass is 300 g/mol. The topological polar surface area (TPSA) is 56.5 Å². The van der Waals surface area contributed by atoms with Crippen LogP contribution in [0.1, 0.15) is 47.5 Å². The predicted octanol–water partition coefficient (Wildman–Crippen LogP) is 4.39. The third kappa shape index (κ3) is 12.3. The zero-order chi connectivity index (χ0) is 16.0. The second-order valence-electron chi connectivity index (χ2n) is 4.63. The molecule has 0 aliphatic carbocycles. The van der Waals surface area contributed by atoms with Gasteiger partial charge in [0.2, 0.25) is 0 Å². The summed E-state index contributed by atoms with van der Waals surface area (Å²) in [7, 11) is -1.55. The van der Waals surface area contributed by atoms with Crippen LogP contribution in [0.2, 0.25) is 0 Å². The number of nitriles is 1. The van der Waals surface area contributed by atoms with E-state index in [-0.39, 0.29) is 12.1 Å². The third-order valence-corrected chi connectivity index (χ3v) is 3.92. The molecule has 0 aromatic heterocycles. The van der Waals surface area contributed by atoms with Gasteiger partial charge in [0.05, 0.1) is 19.1 Å². The van der Waals surface area contributed by atoms with Crippen LogP contribution in [-0.2, 0) is 4.52 Å². The molecule has 0 aromatic rings. The van der Waals surface area contributed by atoms with Crippen molar-refractivity contribution in [3.63, 3.8) is 0 Å². The molecule has 1 unspecified atom stereocenters. The van der Waals surface area contributed by atoms with Crippen LogP contribution in [0.3, 0.4) is 0 Å². The molecule has 0 radical (unpaired) electrons. The highest BCUT2D eigenvalue weighted by molar-refractivity contribution is 7.43. The van der Waals surface area contributed by atoms with Gasteiger partial charge >= 0.3 is 0 Å². The van der Waals surface area contributed by atoms with Crippen molar-refractivity contribution >= 4 is 8.53 Å².